The summed E-state index contributed by atoms with van der Waals surface area (Å²) in [6.45, 7) is 2.80. The van der Waals surface area contributed by atoms with Crippen LogP contribution in [0.3, 0.4) is 0 Å². The molecule has 0 bridgehead atoms. The minimum Gasteiger partial charge on any atom is -0.359 e. The molecular formula is C21H20N2O. The molecule has 2 heterocycles. The van der Waals surface area contributed by atoms with Gasteiger partial charge in [-0.25, -0.2) is 0 Å². The number of hydrogen-bond donors (Lipinski definition) is 0. The van der Waals surface area contributed by atoms with Crippen LogP contribution in [-0.2, 0) is 6.54 Å². The van der Waals surface area contributed by atoms with Crippen molar-refractivity contribution in [3.05, 3.63) is 84.1 Å². The molecule has 3 nitrogen and oxygen atoms in total. The van der Waals surface area contributed by atoms with E-state index in [9.17, 15) is 0 Å². The molecule has 0 radical (unpaired) electrons. The fourth-order valence-corrected chi connectivity index (χ4v) is 3.12. The van der Waals surface area contributed by atoms with Crippen LogP contribution < -0.4 is 0 Å². The predicted octanol–water partition coefficient (Wildman–Crippen LogP) is 4.63. The van der Waals surface area contributed by atoms with Gasteiger partial charge in [-0.2, -0.15) is 0 Å². The van der Waals surface area contributed by atoms with Crippen LogP contribution >= 0.6 is 0 Å². The minimum atomic E-state index is 0.804. The fourth-order valence-electron chi connectivity index (χ4n) is 3.12. The fraction of sp³-hybridized carbons (Fsp3) is 0.190. The van der Waals surface area contributed by atoms with Crippen molar-refractivity contribution in [3.63, 3.8) is 0 Å². The first-order valence-corrected chi connectivity index (χ1v) is 8.36. The van der Waals surface area contributed by atoms with Crippen LogP contribution in [0.2, 0.25) is 0 Å². The maximum absolute atomic E-state index is 5.52. The predicted molar refractivity (Wildman–Crippen MR) is 96.3 cm³/mol. The standard InChI is InChI=1S/C21H20N2O/c1-3-7-17(8-4-1)18-11-13-23(14-12-18)16-20-15-21(22-24-20)19-9-5-2-6-10-19/h1-11,15H,12-14,16H2. The first-order valence-electron chi connectivity index (χ1n) is 8.36. The summed E-state index contributed by atoms with van der Waals surface area (Å²) in [6, 6.07) is 22.8. The molecule has 0 unspecified atom stereocenters. The second kappa shape index (κ2) is 6.85. The Morgan fingerprint density at radius 2 is 1.62 bits per heavy atom. The summed E-state index contributed by atoms with van der Waals surface area (Å²) in [5, 5.41) is 4.20. The van der Waals surface area contributed by atoms with Gasteiger partial charge in [0.05, 0.1) is 6.54 Å². The Morgan fingerprint density at radius 3 is 2.29 bits per heavy atom. The van der Waals surface area contributed by atoms with Crippen LogP contribution in [0.15, 0.2) is 77.3 Å². The van der Waals surface area contributed by atoms with E-state index in [1.807, 2.05) is 24.3 Å². The molecule has 3 heteroatoms. The van der Waals surface area contributed by atoms with E-state index in [-0.39, 0.29) is 0 Å². The molecule has 3 aromatic rings. The summed E-state index contributed by atoms with van der Waals surface area (Å²) in [5.41, 5.74) is 4.78. The Kier molecular flexibility index (Phi) is 4.26. The molecule has 4 rings (SSSR count). The molecule has 0 saturated heterocycles. The lowest BCUT2D eigenvalue weighted by molar-refractivity contribution is 0.251. The van der Waals surface area contributed by atoms with Crippen LogP contribution in [0, 0.1) is 0 Å². The lowest BCUT2D eigenvalue weighted by atomic mass is 9.99. The molecule has 2 aromatic carbocycles. The zero-order valence-electron chi connectivity index (χ0n) is 13.6. The van der Waals surface area contributed by atoms with Crippen molar-refractivity contribution in [2.45, 2.75) is 13.0 Å². The molecule has 1 aliphatic heterocycles. The van der Waals surface area contributed by atoms with Gasteiger partial charge in [-0.1, -0.05) is 71.9 Å². The van der Waals surface area contributed by atoms with E-state index < -0.39 is 0 Å². The summed E-state index contributed by atoms with van der Waals surface area (Å²) in [6.07, 6.45) is 3.40. The van der Waals surface area contributed by atoms with Gasteiger partial charge in [-0.15, -0.1) is 0 Å². The minimum absolute atomic E-state index is 0.804. The van der Waals surface area contributed by atoms with Crippen molar-refractivity contribution >= 4 is 5.57 Å². The number of hydrogen-bond acceptors (Lipinski definition) is 3. The summed E-state index contributed by atoms with van der Waals surface area (Å²) < 4.78 is 5.52. The van der Waals surface area contributed by atoms with Crippen molar-refractivity contribution in [1.82, 2.24) is 10.1 Å². The summed E-state index contributed by atoms with van der Waals surface area (Å²) in [7, 11) is 0. The first-order chi connectivity index (χ1) is 11.9. The Balaban J connectivity index is 1.41. The average molecular weight is 316 g/mol. The normalized spacial score (nSPS) is 15.2. The third-order valence-electron chi connectivity index (χ3n) is 4.45. The second-order valence-corrected chi connectivity index (χ2v) is 6.12. The van der Waals surface area contributed by atoms with Gasteiger partial charge < -0.3 is 4.52 Å². The Hall–Kier alpha value is -2.65. The van der Waals surface area contributed by atoms with Crippen LogP contribution in [-0.4, -0.2) is 23.1 Å². The lowest BCUT2D eigenvalue weighted by Gasteiger charge is -2.25. The lowest BCUT2D eigenvalue weighted by Crippen LogP contribution is -2.27. The largest absolute Gasteiger partial charge is 0.359 e. The van der Waals surface area contributed by atoms with Crippen LogP contribution in [0.25, 0.3) is 16.8 Å². The van der Waals surface area contributed by atoms with Crippen molar-refractivity contribution < 1.29 is 4.52 Å². The van der Waals surface area contributed by atoms with Gasteiger partial charge in [0.2, 0.25) is 0 Å². The molecule has 1 aromatic heterocycles. The highest BCUT2D eigenvalue weighted by molar-refractivity contribution is 5.66. The average Bonchev–Trinajstić information content (AvgIpc) is 3.12. The molecule has 0 atom stereocenters. The Morgan fingerprint density at radius 1 is 0.917 bits per heavy atom. The van der Waals surface area contributed by atoms with Gasteiger partial charge in [0.15, 0.2) is 5.76 Å². The zero-order chi connectivity index (χ0) is 16.2. The van der Waals surface area contributed by atoms with Crippen molar-refractivity contribution in [2.75, 3.05) is 13.1 Å². The maximum atomic E-state index is 5.52. The number of rotatable bonds is 4. The van der Waals surface area contributed by atoms with Gasteiger partial charge in [0.1, 0.15) is 5.69 Å². The van der Waals surface area contributed by atoms with E-state index in [1.165, 1.54) is 11.1 Å². The first kappa shape index (κ1) is 14.9. The van der Waals surface area contributed by atoms with E-state index in [4.69, 9.17) is 4.52 Å². The third kappa shape index (κ3) is 3.31. The van der Waals surface area contributed by atoms with E-state index >= 15 is 0 Å². The molecule has 1 aliphatic rings. The Bertz CT molecular complexity index is 821. The highest BCUT2D eigenvalue weighted by atomic mass is 16.5. The molecule has 0 N–H and O–H groups in total. The molecule has 0 saturated carbocycles. The van der Waals surface area contributed by atoms with Gasteiger partial charge in [-0.05, 0) is 17.6 Å². The summed E-state index contributed by atoms with van der Waals surface area (Å²) in [5.74, 6) is 0.922. The molecule has 24 heavy (non-hydrogen) atoms. The van der Waals surface area contributed by atoms with Gasteiger partial charge in [-0.3, -0.25) is 4.90 Å². The quantitative estimate of drug-likeness (QED) is 0.702. The molecule has 120 valence electrons. The smallest absolute Gasteiger partial charge is 0.151 e. The zero-order valence-corrected chi connectivity index (χ0v) is 13.6. The summed E-state index contributed by atoms with van der Waals surface area (Å²) in [4.78, 5) is 2.39. The van der Waals surface area contributed by atoms with Gasteiger partial charge >= 0.3 is 0 Å². The van der Waals surface area contributed by atoms with Crippen molar-refractivity contribution in [3.8, 4) is 11.3 Å². The SMILES string of the molecule is C1=C(c2ccccc2)CCN(Cc2cc(-c3ccccc3)no2)C1. The maximum Gasteiger partial charge on any atom is 0.151 e. The molecule has 0 spiro atoms. The van der Waals surface area contributed by atoms with E-state index in [0.29, 0.717) is 0 Å². The second-order valence-electron chi connectivity index (χ2n) is 6.12. The summed E-state index contributed by atoms with van der Waals surface area (Å²) >= 11 is 0. The topological polar surface area (TPSA) is 29.3 Å². The molecule has 0 fully saturated rings. The highest BCUT2D eigenvalue weighted by Gasteiger charge is 2.15. The number of benzene rings is 2. The number of nitrogens with zero attached hydrogens (tertiary/aromatic N) is 2. The van der Waals surface area contributed by atoms with Gasteiger partial charge in [0, 0.05) is 24.7 Å². The van der Waals surface area contributed by atoms with E-state index in [1.54, 1.807) is 0 Å². The Labute approximate surface area is 142 Å². The van der Waals surface area contributed by atoms with Crippen molar-refractivity contribution in [2.24, 2.45) is 0 Å². The highest BCUT2D eigenvalue weighted by Crippen LogP contribution is 2.24. The number of aromatic nitrogens is 1. The van der Waals surface area contributed by atoms with E-state index in [2.05, 4.69) is 58.6 Å². The molecule has 0 amide bonds. The molecule has 0 aliphatic carbocycles. The van der Waals surface area contributed by atoms with Crippen molar-refractivity contribution in [1.29, 1.82) is 0 Å². The van der Waals surface area contributed by atoms with Crippen LogP contribution in [0.5, 0.6) is 0 Å². The van der Waals surface area contributed by atoms with Crippen LogP contribution in [0.4, 0.5) is 0 Å². The van der Waals surface area contributed by atoms with Crippen LogP contribution in [0.1, 0.15) is 17.7 Å². The van der Waals surface area contributed by atoms with E-state index in [0.717, 1.165) is 43.1 Å². The van der Waals surface area contributed by atoms with Gasteiger partial charge in [0.25, 0.3) is 0 Å². The third-order valence-corrected chi connectivity index (χ3v) is 4.45. The monoisotopic (exact) mass is 316 g/mol. The molecular weight excluding hydrogens is 296 g/mol.